The number of aliphatic hydroxyl groups excluding tert-OH is 1. The van der Waals surface area contributed by atoms with Gasteiger partial charge in [0, 0.05) is 22.1 Å². The fraction of sp³-hybridized carbons (Fsp3) is 0.385. The smallest absolute Gasteiger partial charge is 0.0912 e. The fourth-order valence-corrected chi connectivity index (χ4v) is 2.36. The molecule has 2 nitrogen and oxygen atoms in total. The maximum Gasteiger partial charge on any atom is 0.0912 e. The van der Waals surface area contributed by atoms with Crippen LogP contribution in [0.3, 0.4) is 0 Å². The van der Waals surface area contributed by atoms with Crippen LogP contribution in [0.25, 0.3) is 10.9 Å². The molecule has 0 aliphatic rings. The number of aliphatic hydroxyl groups is 1. The molecule has 1 unspecified atom stereocenters. The Kier molecular flexibility index (Phi) is 2.96. The summed E-state index contributed by atoms with van der Waals surface area (Å²) >= 11 is 6.16. The summed E-state index contributed by atoms with van der Waals surface area (Å²) in [4.78, 5) is 0. The lowest BCUT2D eigenvalue weighted by molar-refractivity contribution is 0.188. The predicted molar refractivity (Wildman–Crippen MR) is 68.0 cm³/mol. The van der Waals surface area contributed by atoms with Crippen LogP contribution in [-0.4, -0.2) is 9.67 Å². The van der Waals surface area contributed by atoms with Crippen molar-refractivity contribution in [1.29, 1.82) is 0 Å². The van der Waals surface area contributed by atoms with Crippen LogP contribution in [-0.2, 0) is 0 Å². The summed E-state index contributed by atoms with van der Waals surface area (Å²) in [5, 5.41) is 11.5. The zero-order valence-corrected chi connectivity index (χ0v) is 10.5. The number of hydrogen-bond acceptors (Lipinski definition) is 1. The lowest BCUT2D eigenvalue weighted by Crippen LogP contribution is -2.07. The first-order valence-corrected chi connectivity index (χ1v) is 5.87. The highest BCUT2D eigenvalue weighted by Crippen LogP contribution is 2.32. The van der Waals surface area contributed by atoms with Crippen molar-refractivity contribution < 1.29 is 5.11 Å². The second-order valence-corrected chi connectivity index (χ2v) is 4.79. The monoisotopic (exact) mass is 237 g/mol. The Bertz CT molecular complexity index is 514. The van der Waals surface area contributed by atoms with Gasteiger partial charge >= 0.3 is 0 Å². The quantitative estimate of drug-likeness (QED) is 0.841. The molecule has 1 heterocycles. The molecule has 0 saturated heterocycles. The van der Waals surface area contributed by atoms with Gasteiger partial charge in [-0.3, -0.25) is 0 Å². The molecule has 86 valence electrons. The van der Waals surface area contributed by atoms with Crippen LogP contribution in [0.2, 0.25) is 5.02 Å². The van der Waals surface area contributed by atoms with Crippen molar-refractivity contribution in [3.8, 4) is 0 Å². The van der Waals surface area contributed by atoms with Gasteiger partial charge in [-0.05, 0) is 39.0 Å². The largest absolute Gasteiger partial charge is 0.387 e. The highest BCUT2D eigenvalue weighted by molar-refractivity contribution is 6.35. The minimum atomic E-state index is -0.481. The van der Waals surface area contributed by atoms with Crippen LogP contribution in [0, 0.1) is 0 Å². The molecule has 0 aliphatic carbocycles. The van der Waals surface area contributed by atoms with Crippen molar-refractivity contribution >= 4 is 22.5 Å². The van der Waals surface area contributed by atoms with Gasteiger partial charge in [0.1, 0.15) is 0 Å². The van der Waals surface area contributed by atoms with Crippen LogP contribution in [0.15, 0.2) is 24.3 Å². The maximum atomic E-state index is 9.78. The van der Waals surface area contributed by atoms with Crippen LogP contribution in [0.1, 0.15) is 38.6 Å². The highest BCUT2D eigenvalue weighted by Gasteiger charge is 2.15. The second-order valence-electron chi connectivity index (χ2n) is 4.38. The van der Waals surface area contributed by atoms with Crippen molar-refractivity contribution in [2.75, 3.05) is 0 Å². The van der Waals surface area contributed by atoms with Crippen molar-refractivity contribution in [3.05, 3.63) is 35.0 Å². The van der Waals surface area contributed by atoms with Crippen LogP contribution in [0.4, 0.5) is 0 Å². The summed E-state index contributed by atoms with van der Waals surface area (Å²) in [5.74, 6) is 0. The first-order valence-electron chi connectivity index (χ1n) is 5.49. The van der Waals surface area contributed by atoms with Gasteiger partial charge in [0.2, 0.25) is 0 Å². The summed E-state index contributed by atoms with van der Waals surface area (Å²) in [5.41, 5.74) is 2.00. The Hall–Kier alpha value is -0.990. The van der Waals surface area contributed by atoms with Crippen molar-refractivity contribution in [2.24, 2.45) is 0 Å². The van der Waals surface area contributed by atoms with Crippen LogP contribution >= 0.6 is 11.6 Å². The van der Waals surface area contributed by atoms with Gasteiger partial charge in [-0.1, -0.05) is 17.7 Å². The number of rotatable bonds is 2. The highest BCUT2D eigenvalue weighted by atomic mass is 35.5. The van der Waals surface area contributed by atoms with E-state index in [1.807, 2.05) is 24.3 Å². The number of halogens is 1. The average molecular weight is 238 g/mol. The fourth-order valence-electron chi connectivity index (χ4n) is 2.13. The van der Waals surface area contributed by atoms with E-state index in [1.165, 1.54) is 0 Å². The number of benzene rings is 1. The van der Waals surface area contributed by atoms with Gasteiger partial charge in [0.15, 0.2) is 0 Å². The molecule has 0 fully saturated rings. The molecular formula is C13H16ClNO. The molecule has 0 radical (unpaired) electrons. The SMILES string of the molecule is CC(O)c1cc2c(Cl)cccc2n1C(C)C. The first kappa shape index (κ1) is 11.5. The van der Waals surface area contributed by atoms with Crippen molar-refractivity contribution in [1.82, 2.24) is 4.57 Å². The zero-order valence-electron chi connectivity index (χ0n) is 9.74. The minimum absolute atomic E-state index is 0.306. The molecule has 1 aromatic heterocycles. The average Bonchev–Trinajstić information content (AvgIpc) is 2.58. The lowest BCUT2D eigenvalue weighted by Gasteiger charge is -2.16. The van der Waals surface area contributed by atoms with E-state index >= 15 is 0 Å². The molecule has 1 atom stereocenters. The van der Waals surface area contributed by atoms with Crippen molar-refractivity contribution in [2.45, 2.75) is 32.9 Å². The van der Waals surface area contributed by atoms with Crippen molar-refractivity contribution in [3.63, 3.8) is 0 Å². The van der Waals surface area contributed by atoms with Gasteiger partial charge < -0.3 is 9.67 Å². The van der Waals surface area contributed by atoms with E-state index in [9.17, 15) is 5.11 Å². The van der Waals surface area contributed by atoms with E-state index in [1.54, 1.807) is 6.92 Å². The third-order valence-corrected chi connectivity index (χ3v) is 3.13. The molecule has 0 spiro atoms. The Morgan fingerprint density at radius 1 is 1.25 bits per heavy atom. The Morgan fingerprint density at radius 2 is 1.94 bits per heavy atom. The summed E-state index contributed by atoms with van der Waals surface area (Å²) in [7, 11) is 0. The zero-order chi connectivity index (χ0) is 11.9. The van der Waals surface area contributed by atoms with E-state index in [4.69, 9.17) is 11.6 Å². The molecular weight excluding hydrogens is 222 g/mol. The van der Waals surface area contributed by atoms with E-state index in [0.717, 1.165) is 21.6 Å². The third-order valence-electron chi connectivity index (χ3n) is 2.80. The van der Waals surface area contributed by atoms with Crippen LogP contribution in [0.5, 0.6) is 0 Å². The number of nitrogens with zero attached hydrogens (tertiary/aromatic N) is 1. The van der Waals surface area contributed by atoms with Gasteiger partial charge in [0.05, 0.1) is 11.6 Å². The van der Waals surface area contributed by atoms with Gasteiger partial charge in [0.25, 0.3) is 0 Å². The van der Waals surface area contributed by atoms with Gasteiger partial charge in [-0.2, -0.15) is 0 Å². The molecule has 2 aromatic rings. The van der Waals surface area contributed by atoms with Gasteiger partial charge in [-0.25, -0.2) is 0 Å². The summed E-state index contributed by atoms with van der Waals surface area (Å²) in [6.45, 7) is 5.99. The van der Waals surface area contributed by atoms with E-state index in [0.29, 0.717) is 6.04 Å². The number of fused-ring (bicyclic) bond motifs is 1. The second kappa shape index (κ2) is 4.11. The summed E-state index contributed by atoms with van der Waals surface area (Å²) in [6.07, 6.45) is -0.481. The predicted octanol–water partition coefficient (Wildman–Crippen LogP) is 3.93. The van der Waals surface area contributed by atoms with E-state index in [2.05, 4.69) is 18.4 Å². The summed E-state index contributed by atoms with van der Waals surface area (Å²) < 4.78 is 2.13. The first-order chi connectivity index (χ1) is 7.52. The maximum absolute atomic E-state index is 9.78. The van der Waals surface area contributed by atoms with E-state index < -0.39 is 6.10 Å². The minimum Gasteiger partial charge on any atom is -0.387 e. The number of aromatic nitrogens is 1. The normalized spacial score (nSPS) is 13.6. The molecule has 0 bridgehead atoms. The third kappa shape index (κ3) is 1.72. The topological polar surface area (TPSA) is 25.2 Å². The number of hydrogen-bond donors (Lipinski definition) is 1. The molecule has 0 amide bonds. The molecule has 2 rings (SSSR count). The lowest BCUT2D eigenvalue weighted by atomic mass is 10.2. The molecule has 0 aliphatic heterocycles. The molecule has 3 heteroatoms. The molecule has 0 saturated carbocycles. The Morgan fingerprint density at radius 3 is 2.50 bits per heavy atom. The van der Waals surface area contributed by atoms with Crippen LogP contribution < -0.4 is 0 Å². The van der Waals surface area contributed by atoms with Gasteiger partial charge in [-0.15, -0.1) is 0 Å². The van der Waals surface area contributed by atoms with E-state index in [-0.39, 0.29) is 0 Å². The molecule has 16 heavy (non-hydrogen) atoms. The standard InChI is InChI=1S/C13H16ClNO/c1-8(2)15-12-6-4-5-11(14)10(12)7-13(15)9(3)16/h4-9,16H,1-3H3. The Labute approximate surface area is 100 Å². The summed E-state index contributed by atoms with van der Waals surface area (Å²) in [6, 6.07) is 8.13. The molecule has 1 aromatic carbocycles. The Balaban J connectivity index is 2.81. The molecule has 1 N–H and O–H groups in total.